The van der Waals surface area contributed by atoms with Crippen molar-refractivity contribution in [1.29, 1.82) is 0 Å². The summed E-state index contributed by atoms with van der Waals surface area (Å²) in [4.78, 5) is 28.3. The number of nitrogen functional groups attached to an aromatic ring is 1. The van der Waals surface area contributed by atoms with Crippen LogP contribution in [0.3, 0.4) is 0 Å². The highest BCUT2D eigenvalue weighted by molar-refractivity contribution is 6.04. The highest BCUT2D eigenvalue weighted by Gasteiger charge is 2.29. The fraction of sp³-hybridized carbons (Fsp3) is 0.0952. The number of nitrogens with zero attached hydrogens (tertiary/aromatic N) is 1. The highest BCUT2D eigenvalue weighted by Crippen LogP contribution is 2.29. The molecule has 0 bridgehead atoms. The Kier molecular flexibility index (Phi) is 6.19. The molecule has 0 aliphatic heterocycles. The standard InChI is InChI=1S/C21H16F4N4O2/c22-14-5-7-17(16(26)10-14)29-20(31)18-8-6-15(11-27-18)28-19(30)9-12-1-3-13(4-2-12)21(23,24)25/h1-8,10-11H,9,26H2,(H,28,30)(H,29,31). The van der Waals surface area contributed by atoms with Crippen molar-refractivity contribution in [2.24, 2.45) is 0 Å². The van der Waals surface area contributed by atoms with E-state index in [4.69, 9.17) is 5.73 Å². The average molecular weight is 432 g/mol. The maximum atomic E-state index is 13.1. The Bertz CT molecular complexity index is 1100. The molecule has 0 saturated heterocycles. The van der Waals surface area contributed by atoms with Crippen LogP contribution in [0.5, 0.6) is 0 Å². The number of benzene rings is 2. The Balaban J connectivity index is 1.58. The third-order valence-corrected chi connectivity index (χ3v) is 4.19. The first-order valence-corrected chi connectivity index (χ1v) is 8.90. The number of alkyl halides is 3. The minimum absolute atomic E-state index is 0.0319. The maximum absolute atomic E-state index is 13.1. The summed E-state index contributed by atoms with van der Waals surface area (Å²) in [6.45, 7) is 0. The van der Waals surface area contributed by atoms with Gasteiger partial charge in [-0.2, -0.15) is 13.2 Å². The molecule has 0 aliphatic rings. The van der Waals surface area contributed by atoms with E-state index >= 15 is 0 Å². The van der Waals surface area contributed by atoms with Crippen molar-refractivity contribution in [2.45, 2.75) is 12.6 Å². The van der Waals surface area contributed by atoms with Gasteiger partial charge in [0.1, 0.15) is 11.5 Å². The lowest BCUT2D eigenvalue weighted by Gasteiger charge is -2.09. The summed E-state index contributed by atoms with van der Waals surface area (Å²) in [5, 5.41) is 5.05. The molecule has 0 saturated carbocycles. The zero-order valence-corrected chi connectivity index (χ0v) is 15.8. The van der Waals surface area contributed by atoms with Gasteiger partial charge in [0.15, 0.2) is 0 Å². The molecule has 6 nitrogen and oxygen atoms in total. The number of anilines is 3. The number of aromatic nitrogens is 1. The predicted octanol–water partition coefficient (Wildman–Crippen LogP) is 4.26. The second kappa shape index (κ2) is 8.82. The Hall–Kier alpha value is -3.95. The fourth-order valence-corrected chi connectivity index (χ4v) is 2.64. The van der Waals surface area contributed by atoms with E-state index in [9.17, 15) is 27.2 Å². The molecule has 2 amide bonds. The molecule has 0 atom stereocenters. The van der Waals surface area contributed by atoms with Gasteiger partial charge >= 0.3 is 6.18 Å². The Morgan fingerprint density at radius 3 is 2.26 bits per heavy atom. The number of amides is 2. The Morgan fingerprint density at radius 1 is 0.968 bits per heavy atom. The van der Waals surface area contributed by atoms with Crippen LogP contribution in [-0.4, -0.2) is 16.8 Å². The van der Waals surface area contributed by atoms with Crippen LogP contribution in [-0.2, 0) is 17.4 Å². The molecule has 0 fully saturated rings. The number of nitrogens with one attached hydrogen (secondary N) is 2. The van der Waals surface area contributed by atoms with Gasteiger partial charge in [-0.1, -0.05) is 12.1 Å². The first-order chi connectivity index (χ1) is 14.6. The number of hydrogen-bond acceptors (Lipinski definition) is 4. The molecule has 3 rings (SSSR count). The monoisotopic (exact) mass is 432 g/mol. The van der Waals surface area contributed by atoms with Crippen LogP contribution in [0.2, 0.25) is 0 Å². The van der Waals surface area contributed by atoms with E-state index < -0.39 is 29.4 Å². The first-order valence-electron chi connectivity index (χ1n) is 8.90. The minimum atomic E-state index is -4.44. The summed E-state index contributed by atoms with van der Waals surface area (Å²) < 4.78 is 50.8. The summed E-state index contributed by atoms with van der Waals surface area (Å²) in [6, 6.07) is 10.6. The summed E-state index contributed by atoms with van der Waals surface area (Å²) in [7, 11) is 0. The van der Waals surface area contributed by atoms with Crippen molar-refractivity contribution in [2.75, 3.05) is 16.4 Å². The highest BCUT2D eigenvalue weighted by atomic mass is 19.4. The van der Waals surface area contributed by atoms with Gasteiger partial charge in [0.05, 0.1) is 35.2 Å². The molecular weight excluding hydrogens is 416 g/mol. The SMILES string of the molecule is Nc1cc(F)ccc1NC(=O)c1ccc(NC(=O)Cc2ccc(C(F)(F)F)cc2)cn1. The third-order valence-electron chi connectivity index (χ3n) is 4.19. The molecule has 160 valence electrons. The largest absolute Gasteiger partial charge is 0.416 e. The van der Waals surface area contributed by atoms with Crippen molar-refractivity contribution in [3.05, 3.63) is 83.4 Å². The van der Waals surface area contributed by atoms with E-state index in [2.05, 4.69) is 15.6 Å². The normalized spacial score (nSPS) is 11.1. The molecule has 0 spiro atoms. The zero-order chi connectivity index (χ0) is 22.6. The lowest BCUT2D eigenvalue weighted by atomic mass is 10.1. The van der Waals surface area contributed by atoms with E-state index in [1.807, 2.05) is 0 Å². The quantitative estimate of drug-likeness (QED) is 0.415. The number of carbonyl (C=O) groups is 2. The topological polar surface area (TPSA) is 97.1 Å². The number of hydrogen-bond donors (Lipinski definition) is 3. The molecule has 10 heteroatoms. The van der Waals surface area contributed by atoms with Gasteiger partial charge < -0.3 is 16.4 Å². The van der Waals surface area contributed by atoms with Crippen LogP contribution in [0.4, 0.5) is 34.6 Å². The third kappa shape index (κ3) is 5.78. The van der Waals surface area contributed by atoms with Crippen LogP contribution in [0, 0.1) is 5.82 Å². The number of halogens is 4. The van der Waals surface area contributed by atoms with Crippen molar-refractivity contribution in [3.63, 3.8) is 0 Å². The van der Waals surface area contributed by atoms with Gasteiger partial charge in [-0.05, 0) is 48.0 Å². The predicted molar refractivity (Wildman–Crippen MR) is 107 cm³/mol. The molecule has 0 aliphatic carbocycles. The zero-order valence-electron chi connectivity index (χ0n) is 15.8. The molecule has 4 N–H and O–H groups in total. The van der Waals surface area contributed by atoms with Gasteiger partial charge in [0.2, 0.25) is 5.91 Å². The van der Waals surface area contributed by atoms with Gasteiger partial charge in [0.25, 0.3) is 5.91 Å². The Labute approximate surface area is 174 Å². The number of nitrogens with two attached hydrogens (primary N) is 1. The van der Waals surface area contributed by atoms with Gasteiger partial charge in [-0.25, -0.2) is 9.37 Å². The number of pyridine rings is 1. The summed E-state index contributed by atoms with van der Waals surface area (Å²) in [5.74, 6) is -1.58. The van der Waals surface area contributed by atoms with Crippen LogP contribution in [0.15, 0.2) is 60.8 Å². The average Bonchev–Trinajstić information content (AvgIpc) is 2.70. The van der Waals surface area contributed by atoms with E-state index in [0.717, 1.165) is 24.3 Å². The van der Waals surface area contributed by atoms with Crippen LogP contribution in [0.25, 0.3) is 0 Å². The van der Waals surface area contributed by atoms with Gasteiger partial charge in [-0.3, -0.25) is 9.59 Å². The second-order valence-corrected chi connectivity index (χ2v) is 6.54. The molecule has 0 radical (unpaired) electrons. The molecule has 3 aromatic rings. The van der Waals surface area contributed by atoms with E-state index in [1.54, 1.807) is 0 Å². The van der Waals surface area contributed by atoms with Gasteiger partial charge in [-0.15, -0.1) is 0 Å². The lowest BCUT2D eigenvalue weighted by Crippen LogP contribution is -2.17. The van der Waals surface area contributed by atoms with Crippen molar-refractivity contribution in [1.82, 2.24) is 4.98 Å². The summed E-state index contributed by atoms with van der Waals surface area (Å²) in [5.41, 5.74) is 5.87. The molecule has 1 aromatic heterocycles. The lowest BCUT2D eigenvalue weighted by molar-refractivity contribution is -0.137. The molecule has 31 heavy (non-hydrogen) atoms. The minimum Gasteiger partial charge on any atom is -0.397 e. The number of rotatable bonds is 5. The van der Waals surface area contributed by atoms with Crippen LogP contribution >= 0.6 is 0 Å². The molecule has 0 unspecified atom stereocenters. The Morgan fingerprint density at radius 2 is 1.68 bits per heavy atom. The first kappa shape index (κ1) is 21.8. The van der Waals surface area contributed by atoms with E-state index in [-0.39, 0.29) is 23.5 Å². The summed E-state index contributed by atoms with van der Waals surface area (Å²) >= 11 is 0. The second-order valence-electron chi connectivity index (χ2n) is 6.54. The number of carbonyl (C=O) groups excluding carboxylic acids is 2. The van der Waals surface area contributed by atoms with Gasteiger partial charge in [0, 0.05) is 0 Å². The van der Waals surface area contributed by atoms with Crippen molar-refractivity contribution < 1.29 is 27.2 Å². The van der Waals surface area contributed by atoms with E-state index in [0.29, 0.717) is 11.3 Å². The molecular formula is C21H16F4N4O2. The molecule has 1 heterocycles. The molecule has 2 aromatic carbocycles. The van der Waals surface area contributed by atoms with Crippen LogP contribution in [0.1, 0.15) is 21.6 Å². The van der Waals surface area contributed by atoms with Crippen LogP contribution < -0.4 is 16.4 Å². The maximum Gasteiger partial charge on any atom is 0.416 e. The fourth-order valence-electron chi connectivity index (χ4n) is 2.64. The smallest absolute Gasteiger partial charge is 0.397 e. The van der Waals surface area contributed by atoms with Crippen molar-refractivity contribution in [3.8, 4) is 0 Å². The van der Waals surface area contributed by atoms with E-state index in [1.165, 1.54) is 36.5 Å². The summed E-state index contributed by atoms with van der Waals surface area (Å²) in [6.07, 6.45) is -3.32. The van der Waals surface area contributed by atoms with Crippen molar-refractivity contribution >= 4 is 28.9 Å².